The Hall–Kier alpha value is -0.630. The summed E-state index contributed by atoms with van der Waals surface area (Å²) in [5.41, 5.74) is 0. The van der Waals surface area contributed by atoms with Gasteiger partial charge in [0.15, 0.2) is 5.78 Å². The fourth-order valence-electron chi connectivity index (χ4n) is 1.80. The lowest BCUT2D eigenvalue weighted by atomic mass is 9.84. The largest absolute Gasteiger partial charge is 0.385 e. The molecule has 2 heteroatoms. The molecule has 0 amide bonds. The summed E-state index contributed by atoms with van der Waals surface area (Å²) in [6, 6.07) is 0. The van der Waals surface area contributed by atoms with Gasteiger partial charge in [-0.15, -0.1) is 0 Å². The third-order valence-corrected chi connectivity index (χ3v) is 2.59. The van der Waals surface area contributed by atoms with Crippen LogP contribution >= 0.6 is 0 Å². The lowest BCUT2D eigenvalue weighted by Crippen LogP contribution is -2.29. The second-order valence-electron chi connectivity index (χ2n) is 3.45. The standard InChI is InChI=1S/C10H16O2/c1-2-9(11)10(12)8-6-4-3-5-7-8/h2,8,10,12H,1,3-7H2/t10-/m1/s1. The van der Waals surface area contributed by atoms with Crippen LogP contribution in [0.25, 0.3) is 0 Å². The summed E-state index contributed by atoms with van der Waals surface area (Å²) in [7, 11) is 0. The number of hydrogen-bond donors (Lipinski definition) is 1. The minimum Gasteiger partial charge on any atom is -0.385 e. The fourth-order valence-corrected chi connectivity index (χ4v) is 1.80. The van der Waals surface area contributed by atoms with Crippen molar-refractivity contribution in [3.8, 4) is 0 Å². The van der Waals surface area contributed by atoms with Gasteiger partial charge in [0.2, 0.25) is 0 Å². The zero-order chi connectivity index (χ0) is 8.97. The van der Waals surface area contributed by atoms with Crippen LogP contribution in [-0.2, 0) is 4.79 Å². The van der Waals surface area contributed by atoms with Crippen LogP contribution in [0.3, 0.4) is 0 Å². The number of hydrogen-bond acceptors (Lipinski definition) is 2. The molecule has 0 aliphatic heterocycles. The van der Waals surface area contributed by atoms with Crippen molar-refractivity contribution < 1.29 is 9.90 Å². The molecule has 1 aliphatic rings. The zero-order valence-corrected chi connectivity index (χ0v) is 7.33. The second-order valence-corrected chi connectivity index (χ2v) is 3.45. The summed E-state index contributed by atoms with van der Waals surface area (Å²) in [5.74, 6) is -0.0360. The maximum atomic E-state index is 11.0. The van der Waals surface area contributed by atoms with E-state index in [1.165, 1.54) is 12.5 Å². The van der Waals surface area contributed by atoms with E-state index >= 15 is 0 Å². The molecule has 0 radical (unpaired) electrons. The zero-order valence-electron chi connectivity index (χ0n) is 7.33. The van der Waals surface area contributed by atoms with Crippen molar-refractivity contribution in [2.75, 3.05) is 0 Å². The Morgan fingerprint density at radius 1 is 1.42 bits per heavy atom. The molecule has 1 fully saturated rings. The molecular formula is C10H16O2. The Morgan fingerprint density at radius 3 is 2.50 bits per heavy atom. The monoisotopic (exact) mass is 168 g/mol. The van der Waals surface area contributed by atoms with E-state index in [4.69, 9.17) is 0 Å². The minimum atomic E-state index is -0.789. The SMILES string of the molecule is C=CC(=O)[C@H](O)C1CCCCC1. The predicted molar refractivity (Wildman–Crippen MR) is 47.8 cm³/mol. The van der Waals surface area contributed by atoms with Crippen molar-refractivity contribution in [3.63, 3.8) is 0 Å². The van der Waals surface area contributed by atoms with Gasteiger partial charge in [-0.2, -0.15) is 0 Å². The van der Waals surface area contributed by atoms with E-state index in [-0.39, 0.29) is 11.7 Å². The highest BCUT2D eigenvalue weighted by Gasteiger charge is 2.25. The van der Waals surface area contributed by atoms with Gasteiger partial charge in [-0.25, -0.2) is 0 Å². The Balaban J connectivity index is 2.44. The molecule has 1 saturated carbocycles. The van der Waals surface area contributed by atoms with Crippen LogP contribution in [0.5, 0.6) is 0 Å². The molecule has 0 aromatic heterocycles. The van der Waals surface area contributed by atoms with Gasteiger partial charge in [0.05, 0.1) is 0 Å². The predicted octanol–water partition coefficient (Wildman–Crippen LogP) is 1.68. The number of aliphatic hydroxyl groups is 1. The normalized spacial score (nSPS) is 21.8. The summed E-state index contributed by atoms with van der Waals surface area (Å²) >= 11 is 0. The average molecular weight is 168 g/mol. The number of carbonyl (C=O) groups is 1. The third-order valence-electron chi connectivity index (χ3n) is 2.59. The number of rotatable bonds is 3. The van der Waals surface area contributed by atoms with Gasteiger partial charge in [0.25, 0.3) is 0 Å². The number of aliphatic hydroxyl groups excluding tert-OH is 1. The summed E-state index contributed by atoms with van der Waals surface area (Å²) < 4.78 is 0. The van der Waals surface area contributed by atoms with Crippen LogP contribution in [0.2, 0.25) is 0 Å². The van der Waals surface area contributed by atoms with Crippen molar-refractivity contribution in [1.82, 2.24) is 0 Å². The molecule has 2 nitrogen and oxygen atoms in total. The van der Waals surface area contributed by atoms with Crippen molar-refractivity contribution in [1.29, 1.82) is 0 Å². The van der Waals surface area contributed by atoms with Gasteiger partial charge in [-0.3, -0.25) is 4.79 Å². The van der Waals surface area contributed by atoms with Crippen LogP contribution in [-0.4, -0.2) is 17.0 Å². The van der Waals surface area contributed by atoms with Crippen molar-refractivity contribution in [2.45, 2.75) is 38.2 Å². The molecule has 1 atom stereocenters. The maximum absolute atomic E-state index is 11.0. The van der Waals surface area contributed by atoms with E-state index in [0.717, 1.165) is 25.7 Å². The third kappa shape index (κ3) is 2.18. The first-order valence-corrected chi connectivity index (χ1v) is 4.60. The highest BCUT2D eigenvalue weighted by atomic mass is 16.3. The van der Waals surface area contributed by atoms with Crippen LogP contribution in [0.15, 0.2) is 12.7 Å². The maximum Gasteiger partial charge on any atom is 0.183 e. The fraction of sp³-hybridized carbons (Fsp3) is 0.700. The van der Waals surface area contributed by atoms with Crippen molar-refractivity contribution in [2.24, 2.45) is 5.92 Å². The molecule has 1 N–H and O–H groups in total. The van der Waals surface area contributed by atoms with Crippen LogP contribution in [0, 0.1) is 5.92 Å². The van der Waals surface area contributed by atoms with Gasteiger partial charge in [-0.1, -0.05) is 25.8 Å². The molecule has 68 valence electrons. The van der Waals surface area contributed by atoms with E-state index in [1.54, 1.807) is 0 Å². The highest BCUT2D eigenvalue weighted by Crippen LogP contribution is 2.26. The number of carbonyl (C=O) groups excluding carboxylic acids is 1. The van der Waals surface area contributed by atoms with Crippen molar-refractivity contribution in [3.05, 3.63) is 12.7 Å². The Bertz CT molecular complexity index is 169. The van der Waals surface area contributed by atoms with E-state index in [0.29, 0.717) is 0 Å². The Kier molecular flexibility index (Phi) is 3.48. The van der Waals surface area contributed by atoms with Crippen LogP contribution in [0.1, 0.15) is 32.1 Å². The van der Waals surface area contributed by atoms with E-state index < -0.39 is 6.10 Å². The molecule has 0 heterocycles. The number of ketones is 1. The topological polar surface area (TPSA) is 37.3 Å². The molecule has 0 spiro atoms. The highest BCUT2D eigenvalue weighted by molar-refractivity contribution is 5.93. The second kappa shape index (κ2) is 4.41. The summed E-state index contributed by atoms with van der Waals surface area (Å²) in [4.78, 5) is 11.0. The van der Waals surface area contributed by atoms with Gasteiger partial charge in [-0.05, 0) is 24.8 Å². The minimum absolute atomic E-state index is 0.184. The molecule has 0 aromatic rings. The van der Waals surface area contributed by atoms with E-state index in [9.17, 15) is 9.90 Å². The van der Waals surface area contributed by atoms with Gasteiger partial charge >= 0.3 is 0 Å². The molecule has 0 aromatic carbocycles. The lowest BCUT2D eigenvalue weighted by Gasteiger charge is -2.24. The van der Waals surface area contributed by atoms with Crippen molar-refractivity contribution >= 4 is 5.78 Å². The van der Waals surface area contributed by atoms with E-state index in [1.807, 2.05) is 0 Å². The molecule has 0 unspecified atom stereocenters. The van der Waals surface area contributed by atoms with Crippen LogP contribution < -0.4 is 0 Å². The average Bonchev–Trinajstić information content (AvgIpc) is 2.17. The quantitative estimate of drug-likeness (QED) is 0.651. The van der Waals surface area contributed by atoms with Gasteiger partial charge in [0.1, 0.15) is 6.10 Å². The summed E-state index contributed by atoms with van der Waals surface area (Å²) in [5, 5.41) is 9.52. The Morgan fingerprint density at radius 2 is 2.00 bits per heavy atom. The first kappa shape index (κ1) is 9.46. The Labute approximate surface area is 73.3 Å². The van der Waals surface area contributed by atoms with Crippen LogP contribution in [0.4, 0.5) is 0 Å². The first-order valence-electron chi connectivity index (χ1n) is 4.60. The molecule has 1 aliphatic carbocycles. The lowest BCUT2D eigenvalue weighted by molar-refractivity contribution is -0.125. The molecule has 1 rings (SSSR count). The summed E-state index contributed by atoms with van der Waals surface area (Å²) in [6.45, 7) is 3.37. The van der Waals surface area contributed by atoms with E-state index in [2.05, 4.69) is 6.58 Å². The molecular weight excluding hydrogens is 152 g/mol. The molecule has 12 heavy (non-hydrogen) atoms. The smallest absolute Gasteiger partial charge is 0.183 e. The van der Waals surface area contributed by atoms with Gasteiger partial charge in [0, 0.05) is 0 Å². The molecule has 0 saturated heterocycles. The van der Waals surface area contributed by atoms with Gasteiger partial charge < -0.3 is 5.11 Å². The summed E-state index contributed by atoms with van der Waals surface area (Å²) in [6.07, 6.45) is 5.94. The molecule has 0 bridgehead atoms. The first-order chi connectivity index (χ1) is 5.75.